The third kappa shape index (κ3) is 7.18. The third-order valence-electron chi connectivity index (χ3n) is 3.65. The van der Waals surface area contributed by atoms with Crippen LogP contribution in [0, 0.1) is 8.99 Å². The second kappa shape index (κ2) is 10.2. The summed E-state index contributed by atoms with van der Waals surface area (Å²) >= 11 is 3.34. The molecule has 0 fully saturated rings. The van der Waals surface area contributed by atoms with Crippen LogP contribution >= 0.6 is 34.4 Å². The number of benzene rings is 1. The van der Waals surface area contributed by atoms with Crippen molar-refractivity contribution in [2.75, 3.05) is 0 Å². The Hall–Kier alpha value is -0.883. The van der Waals surface area contributed by atoms with E-state index in [1.54, 1.807) is 0 Å². The van der Waals surface area contributed by atoms with Crippen molar-refractivity contribution in [1.82, 2.24) is 9.55 Å². The summed E-state index contributed by atoms with van der Waals surface area (Å²) in [7, 11) is -1.32. The summed E-state index contributed by atoms with van der Waals surface area (Å²) in [6.45, 7) is 10.6. The second-order valence-electron chi connectivity index (χ2n) is 7.90. The summed E-state index contributed by atoms with van der Waals surface area (Å²) in [6, 6.07) is 9.64. The van der Waals surface area contributed by atoms with Crippen LogP contribution in [0.5, 0.6) is 0 Å². The largest absolute Gasteiger partial charge is 0.396 e. The van der Waals surface area contributed by atoms with E-state index >= 15 is 0 Å². The molecule has 0 saturated heterocycles. The molecule has 0 aliphatic heterocycles. The van der Waals surface area contributed by atoms with Crippen LogP contribution < -0.4 is 11.2 Å². The van der Waals surface area contributed by atoms with Crippen molar-refractivity contribution in [2.24, 2.45) is 5.41 Å². The van der Waals surface area contributed by atoms with Gasteiger partial charge >= 0.3 is 5.69 Å². The Bertz CT molecular complexity index is 894. The quantitative estimate of drug-likeness (QED) is 0.240. The first-order valence-corrected chi connectivity index (χ1v) is 13.8. The lowest BCUT2D eigenvalue weighted by Gasteiger charge is -2.28. The van der Waals surface area contributed by atoms with Crippen LogP contribution in [0.25, 0.3) is 0 Å². The third-order valence-corrected chi connectivity index (χ3v) is 6.99. The van der Waals surface area contributed by atoms with E-state index in [0.29, 0.717) is 15.0 Å². The van der Waals surface area contributed by atoms with Gasteiger partial charge in [-0.25, -0.2) is 4.79 Å². The zero-order valence-corrected chi connectivity index (χ0v) is 21.0. The fraction of sp³-hybridized carbons (Fsp3) is 0.474. The van der Waals surface area contributed by atoms with E-state index in [1.165, 1.54) is 16.3 Å². The molecular formula is C19H27IN2O4SSi. The van der Waals surface area contributed by atoms with Gasteiger partial charge in [0.05, 0.1) is 0 Å². The molecule has 0 bridgehead atoms. The maximum Gasteiger partial charge on any atom is 0.331 e. The van der Waals surface area contributed by atoms with E-state index in [1.807, 2.05) is 52.9 Å². The molecule has 0 aliphatic rings. The van der Waals surface area contributed by atoms with Gasteiger partial charge in [0, 0.05) is 11.3 Å². The molecule has 0 aliphatic carbocycles. The first-order chi connectivity index (χ1) is 13.1. The molecule has 6 nitrogen and oxygen atoms in total. The molecule has 1 aromatic carbocycles. The standard InChI is InChI=1S/C19H27IN2O4SSi/c1-19(2,3)11-14(26-28(4)5)25-12-22-17(15(20)16(23)21-18(22)24)27-13-9-7-6-8-10-13/h6-10,14,28H,11-12H2,1-5H3,(H,21,23,24). The van der Waals surface area contributed by atoms with Gasteiger partial charge in [-0.05, 0) is 53.2 Å². The molecule has 0 amide bonds. The van der Waals surface area contributed by atoms with Crippen molar-refractivity contribution in [3.05, 3.63) is 54.7 Å². The molecule has 0 spiro atoms. The summed E-state index contributed by atoms with van der Waals surface area (Å²) in [5.41, 5.74) is -0.850. The topological polar surface area (TPSA) is 73.3 Å². The van der Waals surface area contributed by atoms with Crippen molar-refractivity contribution in [2.45, 2.75) is 63.2 Å². The highest BCUT2D eigenvalue weighted by Crippen LogP contribution is 2.29. The summed E-state index contributed by atoms with van der Waals surface area (Å²) < 4.78 is 13.9. The van der Waals surface area contributed by atoms with E-state index in [-0.39, 0.29) is 12.1 Å². The van der Waals surface area contributed by atoms with Crippen molar-refractivity contribution >= 4 is 43.4 Å². The molecule has 1 heterocycles. The van der Waals surface area contributed by atoms with Gasteiger partial charge in [0.15, 0.2) is 9.04 Å². The molecule has 1 aromatic heterocycles. The predicted octanol–water partition coefficient (Wildman–Crippen LogP) is 4.03. The maximum absolute atomic E-state index is 12.5. The summed E-state index contributed by atoms with van der Waals surface area (Å²) in [5.74, 6) is 0. The average Bonchev–Trinajstić information content (AvgIpc) is 2.58. The lowest BCUT2D eigenvalue weighted by atomic mass is 9.92. The minimum Gasteiger partial charge on any atom is -0.396 e. The molecule has 0 radical (unpaired) electrons. The summed E-state index contributed by atoms with van der Waals surface area (Å²) in [6.07, 6.45) is 0.326. The number of hydrogen-bond acceptors (Lipinski definition) is 5. The van der Waals surface area contributed by atoms with Gasteiger partial charge in [-0.2, -0.15) is 0 Å². The van der Waals surface area contributed by atoms with Crippen LogP contribution in [0.3, 0.4) is 0 Å². The lowest BCUT2D eigenvalue weighted by molar-refractivity contribution is -0.129. The van der Waals surface area contributed by atoms with Crippen molar-refractivity contribution in [3.8, 4) is 0 Å². The van der Waals surface area contributed by atoms with E-state index in [9.17, 15) is 9.59 Å². The maximum atomic E-state index is 12.5. The van der Waals surface area contributed by atoms with Gasteiger partial charge in [-0.3, -0.25) is 14.3 Å². The first kappa shape index (κ1) is 23.4. The number of halogens is 1. The van der Waals surface area contributed by atoms with Gasteiger partial charge in [0.1, 0.15) is 21.6 Å². The van der Waals surface area contributed by atoms with Gasteiger partial charge < -0.3 is 9.16 Å². The van der Waals surface area contributed by atoms with Crippen molar-refractivity contribution in [3.63, 3.8) is 0 Å². The van der Waals surface area contributed by atoms with Crippen molar-refractivity contribution < 1.29 is 9.16 Å². The highest BCUT2D eigenvalue weighted by Gasteiger charge is 2.22. The van der Waals surface area contributed by atoms with Crippen LogP contribution in [0.4, 0.5) is 0 Å². The minimum absolute atomic E-state index is 0.0165. The van der Waals surface area contributed by atoms with Crippen LogP contribution in [0.2, 0.25) is 13.1 Å². The van der Waals surface area contributed by atoms with E-state index in [2.05, 4.69) is 38.8 Å². The molecule has 2 rings (SSSR count). The number of H-pyrrole nitrogens is 1. The van der Waals surface area contributed by atoms with Crippen LogP contribution in [-0.4, -0.2) is 24.9 Å². The number of ether oxygens (including phenoxy) is 1. The molecule has 154 valence electrons. The van der Waals surface area contributed by atoms with E-state index < -0.39 is 26.6 Å². The Balaban J connectivity index is 2.31. The van der Waals surface area contributed by atoms with Gasteiger partial charge in [-0.1, -0.05) is 50.7 Å². The Kier molecular flexibility index (Phi) is 8.55. The zero-order valence-electron chi connectivity index (χ0n) is 16.8. The molecule has 1 atom stereocenters. The van der Waals surface area contributed by atoms with Crippen LogP contribution in [-0.2, 0) is 15.9 Å². The highest BCUT2D eigenvalue weighted by atomic mass is 127. The average molecular weight is 534 g/mol. The van der Waals surface area contributed by atoms with Crippen LogP contribution in [0.1, 0.15) is 27.2 Å². The zero-order chi connectivity index (χ0) is 20.9. The van der Waals surface area contributed by atoms with E-state index in [0.717, 1.165) is 4.90 Å². The summed E-state index contributed by atoms with van der Waals surface area (Å²) in [4.78, 5) is 27.9. The highest BCUT2D eigenvalue weighted by molar-refractivity contribution is 14.1. The second-order valence-corrected chi connectivity index (χ2v) is 12.4. The Labute approximate surface area is 184 Å². The smallest absolute Gasteiger partial charge is 0.331 e. The first-order valence-electron chi connectivity index (χ1n) is 9.09. The Morgan fingerprint density at radius 2 is 1.86 bits per heavy atom. The SMILES string of the molecule is C[SiH](C)OC(CC(C)(C)C)OCn1c(Sc2ccccc2)c(I)c(=O)[nH]c1=O. The normalized spacial score (nSPS) is 13.1. The van der Waals surface area contributed by atoms with Crippen molar-refractivity contribution in [1.29, 1.82) is 0 Å². The molecule has 1 N–H and O–H groups in total. The number of aromatic amines is 1. The monoisotopic (exact) mass is 534 g/mol. The molecule has 0 saturated carbocycles. The predicted molar refractivity (Wildman–Crippen MR) is 124 cm³/mol. The number of nitrogens with zero attached hydrogens (tertiary/aromatic N) is 1. The van der Waals surface area contributed by atoms with Gasteiger partial charge in [0.25, 0.3) is 5.56 Å². The number of hydrogen-bond donors (Lipinski definition) is 1. The summed E-state index contributed by atoms with van der Waals surface area (Å²) in [5, 5.41) is 0.567. The number of nitrogens with one attached hydrogen (secondary N) is 1. The Morgan fingerprint density at radius 3 is 2.43 bits per heavy atom. The lowest BCUT2D eigenvalue weighted by Crippen LogP contribution is -2.36. The van der Waals surface area contributed by atoms with Crippen LogP contribution in [0.15, 0.2) is 49.8 Å². The molecule has 9 heteroatoms. The van der Waals surface area contributed by atoms with E-state index in [4.69, 9.17) is 9.16 Å². The molecule has 2 aromatic rings. The number of rotatable bonds is 8. The van der Waals surface area contributed by atoms with Gasteiger partial charge in [0.2, 0.25) is 0 Å². The molecule has 1 unspecified atom stereocenters. The fourth-order valence-corrected chi connectivity index (χ4v) is 4.94. The molecule has 28 heavy (non-hydrogen) atoms. The van der Waals surface area contributed by atoms with Gasteiger partial charge in [-0.15, -0.1) is 0 Å². The molecular weight excluding hydrogens is 507 g/mol. The fourth-order valence-electron chi connectivity index (χ4n) is 2.45. The Morgan fingerprint density at radius 1 is 1.21 bits per heavy atom. The number of aromatic nitrogens is 2. The minimum atomic E-state index is -1.32.